The molecule has 1 N–H and O–H groups in total. The van der Waals surface area contributed by atoms with Gasteiger partial charge >= 0.3 is 0 Å². The molecule has 19 heavy (non-hydrogen) atoms. The summed E-state index contributed by atoms with van der Waals surface area (Å²) in [6.45, 7) is 7.04. The van der Waals surface area contributed by atoms with Gasteiger partial charge in [-0.05, 0) is 46.8 Å². The molecule has 2 rings (SSSR count). The molecule has 1 aliphatic heterocycles. The number of aromatic nitrogens is 2. The Hall–Kier alpha value is -1.00. The highest BCUT2D eigenvalue weighted by Crippen LogP contribution is 2.31. The van der Waals surface area contributed by atoms with E-state index in [9.17, 15) is 0 Å². The lowest BCUT2D eigenvalue weighted by Crippen LogP contribution is -2.52. The Balaban J connectivity index is 2.19. The monoisotopic (exact) mass is 262 g/mol. The molecule has 1 aromatic rings. The molecule has 0 spiro atoms. The van der Waals surface area contributed by atoms with E-state index in [1.54, 1.807) is 6.33 Å². The van der Waals surface area contributed by atoms with Crippen molar-refractivity contribution in [1.82, 2.24) is 20.2 Å². The van der Waals surface area contributed by atoms with Crippen LogP contribution in [0.5, 0.6) is 0 Å². The van der Waals surface area contributed by atoms with Crippen LogP contribution in [0, 0.1) is 0 Å². The molecule has 1 atom stereocenters. The molecule has 1 aromatic heterocycles. The predicted molar refractivity (Wildman–Crippen MR) is 78.0 cm³/mol. The van der Waals surface area contributed by atoms with Crippen molar-refractivity contribution in [1.29, 1.82) is 0 Å². The molecule has 1 fully saturated rings. The van der Waals surface area contributed by atoms with Crippen molar-refractivity contribution < 1.29 is 0 Å². The Morgan fingerprint density at radius 3 is 2.21 bits per heavy atom. The van der Waals surface area contributed by atoms with E-state index in [0.717, 1.165) is 0 Å². The summed E-state index contributed by atoms with van der Waals surface area (Å²) >= 11 is 0. The zero-order valence-corrected chi connectivity index (χ0v) is 12.4. The molecule has 4 heteroatoms. The maximum Gasteiger partial charge on any atom is 0.115 e. The first-order valence-electron chi connectivity index (χ1n) is 7.33. The maximum atomic E-state index is 4.16. The molecule has 0 bridgehead atoms. The average Bonchev–Trinajstić information content (AvgIpc) is 2.70. The van der Waals surface area contributed by atoms with Crippen LogP contribution in [0.4, 0.5) is 0 Å². The lowest BCUT2D eigenvalue weighted by molar-refractivity contribution is 0.0862. The molecule has 0 saturated carbocycles. The summed E-state index contributed by atoms with van der Waals surface area (Å²) < 4.78 is 0. The SMILES string of the molecule is CNC(c1cncnc1)C(C)(C)N1CCCCCC1. The molecule has 0 aromatic carbocycles. The number of nitrogens with zero attached hydrogens (tertiary/aromatic N) is 3. The molecule has 0 amide bonds. The first kappa shape index (κ1) is 14.4. The fourth-order valence-corrected chi connectivity index (χ4v) is 3.22. The Morgan fingerprint density at radius 1 is 1.11 bits per heavy atom. The van der Waals surface area contributed by atoms with E-state index < -0.39 is 0 Å². The molecular formula is C15H26N4. The molecule has 1 unspecified atom stereocenters. The van der Waals surface area contributed by atoms with Gasteiger partial charge in [-0.2, -0.15) is 0 Å². The first-order chi connectivity index (χ1) is 9.16. The molecule has 0 radical (unpaired) electrons. The largest absolute Gasteiger partial charge is 0.311 e. The summed E-state index contributed by atoms with van der Waals surface area (Å²) in [5, 5.41) is 3.45. The number of nitrogens with one attached hydrogen (secondary N) is 1. The number of likely N-dealkylation sites (N-methyl/N-ethyl adjacent to an activating group) is 1. The van der Waals surface area contributed by atoms with Gasteiger partial charge in [-0.15, -0.1) is 0 Å². The number of rotatable bonds is 4. The summed E-state index contributed by atoms with van der Waals surface area (Å²) in [5.41, 5.74) is 1.24. The molecule has 0 aliphatic carbocycles. The van der Waals surface area contributed by atoms with E-state index >= 15 is 0 Å². The van der Waals surface area contributed by atoms with E-state index in [-0.39, 0.29) is 11.6 Å². The maximum absolute atomic E-state index is 4.16. The van der Waals surface area contributed by atoms with Gasteiger partial charge < -0.3 is 5.32 Å². The van der Waals surface area contributed by atoms with Crippen LogP contribution >= 0.6 is 0 Å². The number of hydrogen-bond acceptors (Lipinski definition) is 4. The Bertz CT molecular complexity index is 369. The topological polar surface area (TPSA) is 41.1 Å². The highest BCUT2D eigenvalue weighted by molar-refractivity contribution is 5.15. The van der Waals surface area contributed by atoms with Crippen LogP contribution in [-0.4, -0.2) is 40.5 Å². The van der Waals surface area contributed by atoms with Crippen LogP contribution in [-0.2, 0) is 0 Å². The normalized spacial score (nSPS) is 19.9. The second-order valence-corrected chi connectivity index (χ2v) is 5.95. The average molecular weight is 262 g/mol. The summed E-state index contributed by atoms with van der Waals surface area (Å²) in [6, 6.07) is 0.256. The summed E-state index contributed by atoms with van der Waals surface area (Å²) in [7, 11) is 2.03. The Kier molecular flexibility index (Phi) is 4.88. The van der Waals surface area contributed by atoms with Crippen LogP contribution < -0.4 is 5.32 Å². The summed E-state index contributed by atoms with van der Waals surface area (Å²) in [5.74, 6) is 0. The van der Waals surface area contributed by atoms with Gasteiger partial charge in [-0.25, -0.2) is 9.97 Å². The highest BCUT2D eigenvalue weighted by Gasteiger charge is 2.35. The van der Waals surface area contributed by atoms with E-state index in [1.165, 1.54) is 44.3 Å². The highest BCUT2D eigenvalue weighted by atomic mass is 15.2. The van der Waals surface area contributed by atoms with Crippen molar-refractivity contribution in [2.75, 3.05) is 20.1 Å². The second kappa shape index (κ2) is 6.44. The lowest BCUT2D eigenvalue weighted by Gasteiger charge is -2.43. The third kappa shape index (κ3) is 3.31. The van der Waals surface area contributed by atoms with E-state index in [0.29, 0.717) is 0 Å². The Morgan fingerprint density at radius 2 is 1.68 bits per heavy atom. The molecule has 106 valence electrons. The van der Waals surface area contributed by atoms with Gasteiger partial charge in [0.1, 0.15) is 6.33 Å². The summed E-state index contributed by atoms with van der Waals surface area (Å²) in [4.78, 5) is 10.9. The molecule has 1 saturated heterocycles. The third-order valence-electron chi connectivity index (χ3n) is 4.33. The van der Waals surface area contributed by atoms with Crippen molar-refractivity contribution in [2.45, 2.75) is 51.1 Å². The van der Waals surface area contributed by atoms with Crippen molar-refractivity contribution in [3.8, 4) is 0 Å². The molecule has 4 nitrogen and oxygen atoms in total. The smallest absolute Gasteiger partial charge is 0.115 e. The van der Waals surface area contributed by atoms with Crippen molar-refractivity contribution in [3.05, 3.63) is 24.3 Å². The van der Waals surface area contributed by atoms with E-state index in [2.05, 4.69) is 34.0 Å². The number of hydrogen-bond donors (Lipinski definition) is 1. The fourth-order valence-electron chi connectivity index (χ4n) is 3.22. The van der Waals surface area contributed by atoms with Gasteiger partial charge in [-0.3, -0.25) is 4.90 Å². The van der Waals surface area contributed by atoms with Crippen LogP contribution in [0.25, 0.3) is 0 Å². The molecular weight excluding hydrogens is 236 g/mol. The van der Waals surface area contributed by atoms with E-state index in [4.69, 9.17) is 0 Å². The number of likely N-dealkylation sites (tertiary alicyclic amines) is 1. The van der Waals surface area contributed by atoms with Crippen LogP contribution in [0.1, 0.15) is 51.1 Å². The zero-order chi connectivity index (χ0) is 13.7. The van der Waals surface area contributed by atoms with Gasteiger partial charge in [0, 0.05) is 23.5 Å². The van der Waals surface area contributed by atoms with Crippen molar-refractivity contribution in [3.63, 3.8) is 0 Å². The van der Waals surface area contributed by atoms with Crippen molar-refractivity contribution in [2.24, 2.45) is 0 Å². The molecule has 2 heterocycles. The first-order valence-corrected chi connectivity index (χ1v) is 7.33. The minimum Gasteiger partial charge on any atom is -0.311 e. The summed E-state index contributed by atoms with van der Waals surface area (Å²) in [6.07, 6.45) is 10.8. The minimum atomic E-state index is 0.0732. The quantitative estimate of drug-likeness (QED) is 0.904. The van der Waals surface area contributed by atoms with E-state index in [1.807, 2.05) is 19.4 Å². The zero-order valence-electron chi connectivity index (χ0n) is 12.4. The van der Waals surface area contributed by atoms with Gasteiger partial charge in [0.15, 0.2) is 0 Å². The fraction of sp³-hybridized carbons (Fsp3) is 0.733. The minimum absolute atomic E-state index is 0.0732. The second-order valence-electron chi connectivity index (χ2n) is 5.95. The van der Waals surface area contributed by atoms with Crippen molar-refractivity contribution >= 4 is 0 Å². The van der Waals surface area contributed by atoms with Gasteiger partial charge in [0.25, 0.3) is 0 Å². The van der Waals surface area contributed by atoms with Crippen LogP contribution in [0.15, 0.2) is 18.7 Å². The third-order valence-corrected chi connectivity index (χ3v) is 4.33. The predicted octanol–water partition coefficient (Wildman–Crippen LogP) is 2.39. The van der Waals surface area contributed by atoms with Gasteiger partial charge in [0.2, 0.25) is 0 Å². The molecule has 1 aliphatic rings. The van der Waals surface area contributed by atoms with Gasteiger partial charge in [0.05, 0.1) is 6.04 Å². The Labute approximate surface area is 116 Å². The standard InChI is InChI=1S/C15H26N4/c1-15(2,19-8-6-4-5-7-9-19)14(16-3)13-10-17-12-18-11-13/h10-12,14,16H,4-9H2,1-3H3. The van der Waals surface area contributed by atoms with Crippen LogP contribution in [0.2, 0.25) is 0 Å². The van der Waals surface area contributed by atoms with Crippen LogP contribution in [0.3, 0.4) is 0 Å². The van der Waals surface area contributed by atoms with Gasteiger partial charge in [-0.1, -0.05) is 12.8 Å². The lowest BCUT2D eigenvalue weighted by atomic mass is 9.88.